The number of benzene rings is 1. The number of carbonyl (C=O) groups excluding carboxylic acids is 1. The van der Waals surface area contributed by atoms with Gasteiger partial charge < -0.3 is 9.64 Å². The summed E-state index contributed by atoms with van der Waals surface area (Å²) in [4.78, 5) is 13.8. The highest BCUT2D eigenvalue weighted by atomic mass is 16.5. The van der Waals surface area contributed by atoms with Gasteiger partial charge in [-0.2, -0.15) is 0 Å². The molecule has 3 atom stereocenters. The quantitative estimate of drug-likeness (QED) is 0.786. The summed E-state index contributed by atoms with van der Waals surface area (Å²) in [5.74, 6) is 1.51. The average Bonchev–Trinajstić information content (AvgIpc) is 2.57. The minimum atomic E-state index is 0.200. The molecule has 4 rings (SSSR count). The molecule has 3 aliphatic rings. The van der Waals surface area contributed by atoms with Crippen LogP contribution in [0.3, 0.4) is 0 Å². The second kappa shape index (κ2) is 4.95. The molecule has 1 heterocycles. The molecule has 116 valence electrons. The fraction of sp³-hybridized carbons (Fsp3) is 0.526. The van der Waals surface area contributed by atoms with Gasteiger partial charge in [-0.15, -0.1) is 0 Å². The lowest BCUT2D eigenvalue weighted by Crippen LogP contribution is -2.59. The third-order valence-electron chi connectivity index (χ3n) is 6.27. The summed E-state index contributed by atoms with van der Waals surface area (Å²) < 4.78 is 5.48. The zero-order chi connectivity index (χ0) is 15.3. The number of hydrogen-bond donors (Lipinski definition) is 0. The number of carbonyl (C=O) groups is 1. The molecule has 1 aliphatic heterocycles. The molecule has 1 aromatic rings. The van der Waals surface area contributed by atoms with Crippen LogP contribution in [0, 0.1) is 5.92 Å². The van der Waals surface area contributed by atoms with Crippen LogP contribution in [0.1, 0.15) is 30.4 Å². The molecule has 2 unspecified atom stereocenters. The Morgan fingerprint density at radius 3 is 3.00 bits per heavy atom. The Labute approximate surface area is 132 Å². The Morgan fingerprint density at radius 2 is 2.23 bits per heavy atom. The highest BCUT2D eigenvalue weighted by molar-refractivity contribution is 5.74. The normalized spacial score (nSPS) is 33.5. The third-order valence-corrected chi connectivity index (χ3v) is 6.27. The van der Waals surface area contributed by atoms with Crippen molar-refractivity contribution in [3.8, 4) is 5.75 Å². The van der Waals surface area contributed by atoms with Gasteiger partial charge in [0.15, 0.2) is 0 Å². The fourth-order valence-electron chi connectivity index (χ4n) is 5.03. The molecule has 1 saturated heterocycles. The number of nitrogens with zero attached hydrogens (tertiary/aromatic N) is 1. The van der Waals surface area contributed by atoms with Gasteiger partial charge in [-0.05, 0) is 74.0 Å². The Hall–Kier alpha value is -1.61. The molecule has 0 saturated carbocycles. The van der Waals surface area contributed by atoms with E-state index >= 15 is 0 Å². The van der Waals surface area contributed by atoms with E-state index in [1.165, 1.54) is 17.5 Å². The van der Waals surface area contributed by atoms with Crippen LogP contribution in [0.4, 0.5) is 0 Å². The van der Waals surface area contributed by atoms with Crippen molar-refractivity contribution in [1.82, 2.24) is 4.90 Å². The van der Waals surface area contributed by atoms with E-state index in [4.69, 9.17) is 4.74 Å². The second-order valence-corrected chi connectivity index (χ2v) is 7.09. The predicted molar refractivity (Wildman–Crippen MR) is 86.3 cm³/mol. The Kier molecular flexibility index (Phi) is 3.15. The number of methoxy groups -OCH3 is 1. The van der Waals surface area contributed by atoms with Crippen LogP contribution < -0.4 is 4.74 Å². The van der Waals surface area contributed by atoms with Gasteiger partial charge in [0.05, 0.1) is 7.11 Å². The first-order valence-electron chi connectivity index (χ1n) is 8.20. The molecule has 0 amide bonds. The molecule has 0 aromatic heterocycles. The number of aldehydes is 1. The molecule has 22 heavy (non-hydrogen) atoms. The first-order chi connectivity index (χ1) is 10.7. The van der Waals surface area contributed by atoms with Crippen LogP contribution >= 0.6 is 0 Å². The number of rotatable bonds is 2. The summed E-state index contributed by atoms with van der Waals surface area (Å²) in [6.45, 7) is 1.14. The number of piperidine rings is 1. The van der Waals surface area contributed by atoms with E-state index < -0.39 is 0 Å². The maximum atomic E-state index is 11.3. The molecule has 0 N–H and O–H groups in total. The van der Waals surface area contributed by atoms with Gasteiger partial charge in [-0.1, -0.05) is 12.1 Å². The van der Waals surface area contributed by atoms with Crippen molar-refractivity contribution >= 4 is 6.29 Å². The summed E-state index contributed by atoms with van der Waals surface area (Å²) in [6, 6.07) is 7.14. The number of allylic oxidation sites excluding steroid dienone is 2. The van der Waals surface area contributed by atoms with E-state index in [1.54, 1.807) is 7.11 Å². The lowest BCUT2D eigenvalue weighted by atomic mass is 9.53. The molecule has 2 aliphatic carbocycles. The first-order valence-corrected chi connectivity index (χ1v) is 8.20. The maximum Gasteiger partial charge on any atom is 0.145 e. The molecule has 2 bridgehead atoms. The van der Waals surface area contributed by atoms with Crippen LogP contribution in [0.2, 0.25) is 0 Å². The molecule has 1 fully saturated rings. The number of likely N-dealkylation sites (N-methyl/N-ethyl adjacent to an activating group) is 1. The summed E-state index contributed by atoms with van der Waals surface area (Å²) in [5, 5.41) is 0. The van der Waals surface area contributed by atoms with Gasteiger partial charge in [0.25, 0.3) is 0 Å². The topological polar surface area (TPSA) is 29.5 Å². The molecular formula is C19H23NO2. The van der Waals surface area contributed by atoms with Crippen molar-refractivity contribution in [2.45, 2.75) is 37.1 Å². The summed E-state index contributed by atoms with van der Waals surface area (Å²) in [6.07, 6.45) is 7.43. The van der Waals surface area contributed by atoms with Crippen molar-refractivity contribution in [3.63, 3.8) is 0 Å². The highest BCUT2D eigenvalue weighted by Gasteiger charge is 2.53. The van der Waals surface area contributed by atoms with Crippen molar-refractivity contribution in [1.29, 1.82) is 0 Å². The monoisotopic (exact) mass is 297 g/mol. The van der Waals surface area contributed by atoms with Gasteiger partial charge in [0.1, 0.15) is 12.0 Å². The van der Waals surface area contributed by atoms with E-state index in [9.17, 15) is 4.79 Å². The molecule has 0 radical (unpaired) electrons. The number of ether oxygens (including phenoxy) is 1. The smallest absolute Gasteiger partial charge is 0.145 e. The van der Waals surface area contributed by atoms with Crippen molar-refractivity contribution < 1.29 is 9.53 Å². The van der Waals surface area contributed by atoms with Crippen LogP contribution in [-0.2, 0) is 16.6 Å². The van der Waals surface area contributed by atoms with Crippen LogP contribution in [-0.4, -0.2) is 37.9 Å². The van der Waals surface area contributed by atoms with Gasteiger partial charge in [-0.25, -0.2) is 0 Å². The van der Waals surface area contributed by atoms with Crippen LogP contribution in [0.15, 0.2) is 29.8 Å². The van der Waals surface area contributed by atoms with Crippen LogP contribution in [0.25, 0.3) is 0 Å². The summed E-state index contributed by atoms with van der Waals surface area (Å²) in [7, 11) is 3.98. The van der Waals surface area contributed by atoms with Crippen LogP contribution in [0.5, 0.6) is 5.75 Å². The SMILES string of the molecule is COc1ccc2c(c1)C13CC=C(C=O)C[C@@H]1C(C2)N(C)CC3. The van der Waals surface area contributed by atoms with E-state index in [-0.39, 0.29) is 5.41 Å². The minimum absolute atomic E-state index is 0.200. The zero-order valence-electron chi connectivity index (χ0n) is 13.3. The van der Waals surface area contributed by atoms with E-state index in [0.717, 1.165) is 43.4 Å². The van der Waals surface area contributed by atoms with E-state index in [1.807, 2.05) is 0 Å². The predicted octanol–water partition coefficient (Wildman–Crippen LogP) is 2.73. The number of likely N-dealkylation sites (tertiary alicyclic amines) is 1. The third kappa shape index (κ3) is 1.81. The van der Waals surface area contributed by atoms with Gasteiger partial charge in [0, 0.05) is 11.5 Å². The fourth-order valence-corrected chi connectivity index (χ4v) is 5.03. The van der Waals surface area contributed by atoms with Crippen molar-refractivity contribution in [2.75, 3.05) is 20.7 Å². The standard InChI is InChI=1S/C19H23NO2/c1-20-8-7-19-6-5-13(12-21)9-17(19)18(20)10-14-3-4-15(22-2)11-16(14)19/h3-5,11-12,17-18H,6-10H2,1-2H3/t17-,18?,19?/m1/s1. The maximum absolute atomic E-state index is 11.3. The van der Waals surface area contributed by atoms with Gasteiger partial charge in [-0.3, -0.25) is 4.79 Å². The molecule has 1 aromatic carbocycles. The Balaban J connectivity index is 1.89. The lowest BCUT2D eigenvalue weighted by Gasteiger charge is -2.57. The highest BCUT2D eigenvalue weighted by Crippen LogP contribution is 2.55. The molecule has 3 nitrogen and oxygen atoms in total. The first kappa shape index (κ1) is 14.0. The Bertz CT molecular complexity index is 651. The molecule has 3 heteroatoms. The summed E-state index contributed by atoms with van der Waals surface area (Å²) >= 11 is 0. The average molecular weight is 297 g/mol. The van der Waals surface area contributed by atoms with E-state index in [2.05, 4.69) is 36.2 Å². The summed E-state index contributed by atoms with van der Waals surface area (Å²) in [5.41, 5.74) is 4.14. The minimum Gasteiger partial charge on any atom is -0.497 e. The van der Waals surface area contributed by atoms with Crippen molar-refractivity contribution in [3.05, 3.63) is 41.0 Å². The lowest BCUT2D eigenvalue weighted by molar-refractivity contribution is -0.105. The number of fused-ring (bicyclic) bond motifs is 1. The molecular weight excluding hydrogens is 274 g/mol. The van der Waals surface area contributed by atoms with Gasteiger partial charge >= 0.3 is 0 Å². The Morgan fingerprint density at radius 1 is 1.36 bits per heavy atom. The zero-order valence-corrected chi connectivity index (χ0v) is 13.3. The largest absolute Gasteiger partial charge is 0.497 e. The molecule has 0 spiro atoms. The van der Waals surface area contributed by atoms with Gasteiger partial charge in [0.2, 0.25) is 0 Å². The van der Waals surface area contributed by atoms with E-state index in [0.29, 0.717) is 12.0 Å². The second-order valence-electron chi connectivity index (χ2n) is 7.09. The van der Waals surface area contributed by atoms with Crippen molar-refractivity contribution in [2.24, 2.45) is 5.92 Å². The number of hydrogen-bond acceptors (Lipinski definition) is 3.